The summed E-state index contributed by atoms with van der Waals surface area (Å²) in [6, 6.07) is 32.6. The van der Waals surface area contributed by atoms with Gasteiger partial charge in [0.1, 0.15) is 11.2 Å². The maximum Gasteiger partial charge on any atom is 0.143 e. The van der Waals surface area contributed by atoms with Crippen LogP contribution in [0.1, 0.15) is 25.3 Å². The van der Waals surface area contributed by atoms with E-state index in [-0.39, 0.29) is 0 Å². The Labute approximate surface area is 175 Å². The van der Waals surface area contributed by atoms with E-state index >= 15 is 0 Å². The van der Waals surface area contributed by atoms with Crippen molar-refractivity contribution in [2.24, 2.45) is 0 Å². The Hall–Kier alpha value is -3.58. The van der Waals surface area contributed by atoms with Gasteiger partial charge < -0.3 is 4.42 Å². The Morgan fingerprint density at radius 1 is 0.600 bits per heavy atom. The third kappa shape index (κ3) is 2.42. The van der Waals surface area contributed by atoms with Gasteiger partial charge in [-0.2, -0.15) is 0 Å². The Morgan fingerprint density at radius 3 is 2.07 bits per heavy atom. The highest BCUT2D eigenvalue weighted by Crippen LogP contribution is 2.43. The lowest BCUT2D eigenvalue weighted by Gasteiger charge is -2.14. The van der Waals surface area contributed by atoms with Crippen LogP contribution in [0.2, 0.25) is 0 Å². The lowest BCUT2D eigenvalue weighted by atomic mass is 9.89. The van der Waals surface area contributed by atoms with E-state index in [9.17, 15) is 0 Å². The maximum atomic E-state index is 6.49. The molecule has 144 valence electrons. The van der Waals surface area contributed by atoms with E-state index in [1.54, 1.807) is 0 Å². The molecule has 0 aliphatic heterocycles. The fourth-order valence-electron chi connectivity index (χ4n) is 4.82. The van der Waals surface area contributed by atoms with Crippen molar-refractivity contribution in [3.63, 3.8) is 0 Å². The molecule has 0 saturated heterocycles. The Balaban J connectivity index is 1.80. The number of fused-ring (bicyclic) bond motifs is 6. The van der Waals surface area contributed by atoms with Crippen LogP contribution in [0, 0.1) is 0 Å². The van der Waals surface area contributed by atoms with Crippen LogP contribution >= 0.6 is 0 Å². The van der Waals surface area contributed by atoms with Crippen molar-refractivity contribution in [1.82, 2.24) is 0 Å². The molecule has 0 aliphatic carbocycles. The van der Waals surface area contributed by atoms with E-state index in [1.807, 2.05) is 6.07 Å². The summed E-state index contributed by atoms with van der Waals surface area (Å²) in [5.41, 5.74) is 5.66. The Kier molecular flexibility index (Phi) is 3.73. The summed E-state index contributed by atoms with van der Waals surface area (Å²) < 4.78 is 6.49. The van der Waals surface area contributed by atoms with Crippen molar-refractivity contribution in [3.8, 4) is 11.1 Å². The first-order valence-corrected chi connectivity index (χ1v) is 10.6. The summed E-state index contributed by atoms with van der Waals surface area (Å²) in [7, 11) is 0. The number of para-hydroxylation sites is 1. The van der Waals surface area contributed by atoms with Crippen LogP contribution in [0.15, 0.2) is 95.4 Å². The largest absolute Gasteiger partial charge is 0.455 e. The van der Waals surface area contributed by atoms with Gasteiger partial charge in [-0.15, -0.1) is 0 Å². The number of hydrogen-bond acceptors (Lipinski definition) is 1. The van der Waals surface area contributed by atoms with Gasteiger partial charge in [-0.25, -0.2) is 0 Å². The molecule has 6 aromatic rings. The number of hydrogen-bond donors (Lipinski definition) is 0. The molecule has 0 saturated carbocycles. The fourth-order valence-corrected chi connectivity index (χ4v) is 4.82. The van der Waals surface area contributed by atoms with Gasteiger partial charge in [-0.1, -0.05) is 92.7 Å². The second-order valence-electron chi connectivity index (χ2n) is 8.35. The van der Waals surface area contributed by atoms with Crippen molar-refractivity contribution in [2.45, 2.75) is 19.8 Å². The van der Waals surface area contributed by atoms with E-state index < -0.39 is 0 Å². The highest BCUT2D eigenvalue weighted by atomic mass is 16.3. The van der Waals surface area contributed by atoms with Crippen LogP contribution in [0.4, 0.5) is 0 Å². The van der Waals surface area contributed by atoms with Gasteiger partial charge >= 0.3 is 0 Å². The monoisotopic (exact) mass is 386 g/mol. The van der Waals surface area contributed by atoms with Gasteiger partial charge in [0.15, 0.2) is 0 Å². The zero-order valence-electron chi connectivity index (χ0n) is 17.1. The first kappa shape index (κ1) is 17.3. The summed E-state index contributed by atoms with van der Waals surface area (Å²) in [4.78, 5) is 0. The van der Waals surface area contributed by atoms with E-state index in [0.717, 1.165) is 16.7 Å². The van der Waals surface area contributed by atoms with Crippen LogP contribution in [-0.2, 0) is 0 Å². The van der Waals surface area contributed by atoms with Gasteiger partial charge in [0.25, 0.3) is 0 Å². The fraction of sp³-hybridized carbons (Fsp3) is 0.103. The predicted octanol–water partition coefficient (Wildman–Crippen LogP) is 8.68. The van der Waals surface area contributed by atoms with Crippen LogP contribution in [0.3, 0.4) is 0 Å². The minimum atomic E-state index is 0.427. The third-order valence-electron chi connectivity index (χ3n) is 6.24. The molecule has 0 amide bonds. The number of benzene rings is 5. The second kappa shape index (κ2) is 6.47. The molecule has 6 rings (SSSR count). The summed E-state index contributed by atoms with van der Waals surface area (Å²) in [6.07, 6.45) is 0. The minimum Gasteiger partial charge on any atom is -0.455 e. The molecule has 1 heterocycles. The SMILES string of the molecule is CC(C)c1ccc(-c2cc3ccccc3c3ccccc23)c2oc3ccccc3c12. The molecule has 0 radical (unpaired) electrons. The molecule has 0 unspecified atom stereocenters. The van der Waals surface area contributed by atoms with E-state index in [4.69, 9.17) is 4.42 Å². The minimum absolute atomic E-state index is 0.427. The van der Waals surface area contributed by atoms with Crippen LogP contribution < -0.4 is 0 Å². The summed E-state index contributed by atoms with van der Waals surface area (Å²) in [5, 5.41) is 7.52. The molecule has 1 aromatic heterocycles. The average molecular weight is 386 g/mol. The average Bonchev–Trinajstić information content (AvgIpc) is 3.17. The van der Waals surface area contributed by atoms with Crippen molar-refractivity contribution in [2.75, 3.05) is 0 Å². The van der Waals surface area contributed by atoms with Crippen LogP contribution in [-0.4, -0.2) is 0 Å². The van der Waals surface area contributed by atoms with Crippen molar-refractivity contribution < 1.29 is 4.42 Å². The molecule has 1 nitrogen and oxygen atoms in total. The smallest absolute Gasteiger partial charge is 0.143 e. The van der Waals surface area contributed by atoms with Gasteiger partial charge in [-0.3, -0.25) is 0 Å². The van der Waals surface area contributed by atoms with Crippen molar-refractivity contribution in [3.05, 3.63) is 96.6 Å². The molecule has 0 atom stereocenters. The molecule has 1 heteroatoms. The normalized spacial score (nSPS) is 12.0. The molecule has 0 N–H and O–H groups in total. The molecular weight excluding hydrogens is 364 g/mol. The molecule has 30 heavy (non-hydrogen) atoms. The lowest BCUT2D eigenvalue weighted by molar-refractivity contribution is 0.669. The summed E-state index contributed by atoms with van der Waals surface area (Å²) in [5.74, 6) is 0.427. The van der Waals surface area contributed by atoms with E-state index in [1.165, 1.54) is 43.4 Å². The van der Waals surface area contributed by atoms with Crippen molar-refractivity contribution >= 4 is 43.5 Å². The molecule has 0 aliphatic rings. The zero-order valence-corrected chi connectivity index (χ0v) is 17.1. The lowest BCUT2D eigenvalue weighted by Crippen LogP contribution is -1.91. The molecule has 0 fully saturated rings. The highest BCUT2D eigenvalue weighted by Gasteiger charge is 2.19. The van der Waals surface area contributed by atoms with Gasteiger partial charge in [0.05, 0.1) is 0 Å². The standard InChI is InChI=1S/C29H22O/c1-18(2)20-15-16-24(29-28(20)25-13-7-8-14-27(25)30-29)26-17-19-9-3-4-10-21(19)22-11-5-6-12-23(22)26/h3-18H,1-2H3. The first-order valence-electron chi connectivity index (χ1n) is 10.6. The number of rotatable bonds is 2. The Morgan fingerprint density at radius 2 is 1.27 bits per heavy atom. The highest BCUT2D eigenvalue weighted by molar-refractivity contribution is 6.18. The molecular formula is C29H22O. The maximum absolute atomic E-state index is 6.49. The van der Waals surface area contributed by atoms with Gasteiger partial charge in [0, 0.05) is 16.3 Å². The quantitative estimate of drug-likeness (QED) is 0.271. The van der Waals surface area contributed by atoms with E-state index in [2.05, 4.69) is 98.8 Å². The van der Waals surface area contributed by atoms with Crippen LogP contribution in [0.25, 0.3) is 54.6 Å². The summed E-state index contributed by atoms with van der Waals surface area (Å²) >= 11 is 0. The van der Waals surface area contributed by atoms with E-state index in [0.29, 0.717) is 5.92 Å². The first-order chi connectivity index (χ1) is 14.7. The van der Waals surface area contributed by atoms with Gasteiger partial charge in [-0.05, 0) is 50.7 Å². The zero-order chi connectivity index (χ0) is 20.2. The van der Waals surface area contributed by atoms with Crippen molar-refractivity contribution in [1.29, 1.82) is 0 Å². The predicted molar refractivity (Wildman–Crippen MR) is 128 cm³/mol. The van der Waals surface area contributed by atoms with Gasteiger partial charge in [0.2, 0.25) is 0 Å². The van der Waals surface area contributed by atoms with Crippen LogP contribution in [0.5, 0.6) is 0 Å². The third-order valence-corrected chi connectivity index (χ3v) is 6.24. The topological polar surface area (TPSA) is 13.1 Å². The Bertz CT molecular complexity index is 1570. The number of furan rings is 1. The molecule has 0 spiro atoms. The second-order valence-corrected chi connectivity index (χ2v) is 8.35. The summed E-state index contributed by atoms with van der Waals surface area (Å²) in [6.45, 7) is 4.50. The molecule has 5 aromatic carbocycles. The molecule has 0 bridgehead atoms.